The van der Waals surface area contributed by atoms with Crippen LogP contribution in [0.1, 0.15) is 34.2 Å². The van der Waals surface area contributed by atoms with Crippen LogP contribution in [0.3, 0.4) is 0 Å². The van der Waals surface area contributed by atoms with E-state index < -0.39 is 35.3 Å². The van der Waals surface area contributed by atoms with Gasteiger partial charge in [-0.05, 0) is 45.0 Å². The highest BCUT2D eigenvalue weighted by Gasteiger charge is 2.34. The lowest BCUT2D eigenvalue weighted by Crippen LogP contribution is -2.37. The minimum atomic E-state index is -4.57. The zero-order chi connectivity index (χ0) is 23.6. The van der Waals surface area contributed by atoms with Crippen LogP contribution in [-0.2, 0) is 6.18 Å². The minimum Gasteiger partial charge on any atom is -0.491 e. The molecule has 1 N–H and O–H groups in total. The van der Waals surface area contributed by atoms with Crippen LogP contribution in [-0.4, -0.2) is 28.3 Å². The van der Waals surface area contributed by atoms with Gasteiger partial charge in [0.15, 0.2) is 5.82 Å². The highest BCUT2D eigenvalue weighted by atomic mass is 19.4. The van der Waals surface area contributed by atoms with Gasteiger partial charge in [0.1, 0.15) is 23.9 Å². The maximum absolute atomic E-state index is 14.1. The van der Waals surface area contributed by atoms with E-state index in [1.807, 2.05) is 0 Å². The molecule has 1 unspecified atom stereocenters. The van der Waals surface area contributed by atoms with Crippen molar-refractivity contribution in [2.24, 2.45) is 0 Å². The van der Waals surface area contributed by atoms with Crippen molar-refractivity contribution in [1.29, 1.82) is 0 Å². The van der Waals surface area contributed by atoms with Gasteiger partial charge in [0.2, 0.25) is 0 Å². The smallest absolute Gasteiger partial charge is 0.419 e. The molecular formula is C22H20F5N3O2. The van der Waals surface area contributed by atoms with Gasteiger partial charge in [-0.2, -0.15) is 18.3 Å². The summed E-state index contributed by atoms with van der Waals surface area (Å²) < 4.78 is 73.1. The van der Waals surface area contributed by atoms with E-state index in [1.54, 1.807) is 20.8 Å². The number of halogens is 5. The molecule has 0 saturated heterocycles. The molecule has 1 atom stereocenters. The molecule has 0 spiro atoms. The number of hydrogen-bond donors (Lipinski definition) is 1. The Labute approximate surface area is 180 Å². The summed E-state index contributed by atoms with van der Waals surface area (Å²) in [5.74, 6) is -2.47. The van der Waals surface area contributed by atoms with Crippen LogP contribution in [0.2, 0.25) is 0 Å². The average Bonchev–Trinajstić information content (AvgIpc) is 3.00. The van der Waals surface area contributed by atoms with Crippen LogP contribution in [0.25, 0.3) is 5.69 Å². The van der Waals surface area contributed by atoms with Crippen molar-refractivity contribution in [3.8, 4) is 11.4 Å². The second-order valence-electron chi connectivity index (χ2n) is 7.23. The molecule has 0 bridgehead atoms. The summed E-state index contributed by atoms with van der Waals surface area (Å²) >= 11 is 0. The third kappa shape index (κ3) is 4.90. The Hall–Kier alpha value is -3.43. The molecule has 5 nitrogen and oxygen atoms in total. The number of carbonyl (C=O) groups excluding carboxylic acids is 1. The summed E-state index contributed by atoms with van der Waals surface area (Å²) in [5.41, 5.74) is -0.129. The molecular weight excluding hydrogens is 433 g/mol. The zero-order valence-electron chi connectivity index (χ0n) is 17.4. The third-order valence-electron chi connectivity index (χ3n) is 4.72. The van der Waals surface area contributed by atoms with Gasteiger partial charge in [0.05, 0.1) is 28.6 Å². The summed E-state index contributed by atoms with van der Waals surface area (Å²) in [5, 5.41) is 6.81. The number of ether oxygens (including phenoxy) is 1. The van der Waals surface area contributed by atoms with Gasteiger partial charge in [-0.3, -0.25) is 4.79 Å². The number of benzene rings is 2. The summed E-state index contributed by atoms with van der Waals surface area (Å²) in [7, 11) is 0. The molecule has 1 heterocycles. The standard InChI is InChI=1S/C22H20F5N3O2/c1-12(11-32-19-7-5-4-6-16(19)22(25,26)27)28-21(31)20-13(2)29-30(14(20)3)18-9-8-15(23)10-17(18)24/h4-10,12H,11H2,1-3H3,(H,28,31). The molecule has 3 aromatic rings. The highest BCUT2D eigenvalue weighted by Crippen LogP contribution is 2.35. The first-order valence-corrected chi connectivity index (χ1v) is 9.60. The van der Waals surface area contributed by atoms with Gasteiger partial charge in [0, 0.05) is 6.07 Å². The van der Waals surface area contributed by atoms with Crippen molar-refractivity contribution in [2.75, 3.05) is 6.61 Å². The first-order valence-electron chi connectivity index (χ1n) is 9.60. The Bertz CT molecular complexity index is 1140. The van der Waals surface area contributed by atoms with E-state index in [1.165, 1.54) is 28.9 Å². The first-order chi connectivity index (χ1) is 15.0. The Balaban J connectivity index is 1.74. The Morgan fingerprint density at radius 1 is 1.16 bits per heavy atom. The first kappa shape index (κ1) is 23.2. The molecule has 0 radical (unpaired) electrons. The number of rotatable bonds is 6. The van der Waals surface area contributed by atoms with Crippen molar-refractivity contribution in [1.82, 2.24) is 15.1 Å². The number of alkyl halides is 3. The quantitative estimate of drug-likeness (QED) is 0.536. The normalized spacial score (nSPS) is 12.5. The van der Waals surface area contributed by atoms with Crippen molar-refractivity contribution in [3.05, 3.63) is 76.6 Å². The largest absolute Gasteiger partial charge is 0.491 e. The van der Waals surface area contributed by atoms with Crippen LogP contribution < -0.4 is 10.1 Å². The molecule has 1 amide bonds. The summed E-state index contributed by atoms with van der Waals surface area (Å²) in [6.07, 6.45) is -4.57. The van der Waals surface area contributed by atoms with E-state index in [0.717, 1.165) is 12.1 Å². The van der Waals surface area contributed by atoms with E-state index >= 15 is 0 Å². The maximum Gasteiger partial charge on any atom is 0.419 e. The number of carbonyl (C=O) groups is 1. The molecule has 1 aromatic heterocycles. The van der Waals surface area contributed by atoms with Gasteiger partial charge in [-0.1, -0.05) is 12.1 Å². The monoisotopic (exact) mass is 453 g/mol. The van der Waals surface area contributed by atoms with E-state index in [-0.39, 0.29) is 23.6 Å². The Morgan fingerprint density at radius 3 is 2.50 bits per heavy atom. The Kier molecular flexibility index (Phi) is 6.52. The number of amides is 1. The van der Waals surface area contributed by atoms with E-state index in [2.05, 4.69) is 10.4 Å². The van der Waals surface area contributed by atoms with Gasteiger partial charge >= 0.3 is 6.18 Å². The van der Waals surface area contributed by atoms with Crippen LogP contribution in [0, 0.1) is 25.5 Å². The van der Waals surface area contributed by atoms with Crippen molar-refractivity contribution >= 4 is 5.91 Å². The number of aryl methyl sites for hydroxylation is 1. The third-order valence-corrected chi connectivity index (χ3v) is 4.72. The molecule has 32 heavy (non-hydrogen) atoms. The van der Waals surface area contributed by atoms with Gasteiger partial charge in [-0.25, -0.2) is 13.5 Å². The molecule has 10 heteroatoms. The fraction of sp³-hybridized carbons (Fsp3) is 0.273. The minimum absolute atomic E-state index is 0.0220. The molecule has 0 aliphatic rings. The number of aromatic nitrogens is 2. The van der Waals surface area contributed by atoms with Crippen molar-refractivity contribution in [2.45, 2.75) is 33.0 Å². The van der Waals surface area contributed by atoms with Gasteiger partial charge in [0.25, 0.3) is 5.91 Å². The van der Waals surface area contributed by atoms with E-state index in [4.69, 9.17) is 4.74 Å². The van der Waals surface area contributed by atoms with Gasteiger partial charge in [-0.15, -0.1) is 0 Å². The maximum atomic E-state index is 14.1. The van der Waals surface area contributed by atoms with Crippen LogP contribution in [0.5, 0.6) is 5.75 Å². The molecule has 0 aliphatic carbocycles. The molecule has 0 aliphatic heterocycles. The van der Waals surface area contributed by atoms with E-state index in [0.29, 0.717) is 17.5 Å². The summed E-state index contributed by atoms with van der Waals surface area (Å²) in [6.45, 7) is 4.47. The van der Waals surface area contributed by atoms with Crippen LogP contribution in [0.15, 0.2) is 42.5 Å². The predicted octanol–water partition coefficient (Wildman–Crippen LogP) is 4.98. The lowest BCUT2D eigenvalue weighted by Gasteiger charge is -2.18. The zero-order valence-corrected chi connectivity index (χ0v) is 17.4. The fourth-order valence-corrected chi connectivity index (χ4v) is 3.24. The number of para-hydroxylation sites is 1. The number of hydrogen-bond acceptors (Lipinski definition) is 3. The molecule has 2 aromatic carbocycles. The molecule has 0 saturated carbocycles. The second-order valence-corrected chi connectivity index (χ2v) is 7.23. The predicted molar refractivity (Wildman–Crippen MR) is 107 cm³/mol. The van der Waals surface area contributed by atoms with Crippen molar-refractivity contribution < 1.29 is 31.5 Å². The lowest BCUT2D eigenvalue weighted by atomic mass is 10.1. The van der Waals surface area contributed by atoms with E-state index in [9.17, 15) is 26.7 Å². The van der Waals surface area contributed by atoms with Crippen molar-refractivity contribution in [3.63, 3.8) is 0 Å². The number of nitrogens with one attached hydrogen (secondary N) is 1. The Morgan fingerprint density at radius 2 is 1.84 bits per heavy atom. The summed E-state index contributed by atoms with van der Waals surface area (Å²) in [6, 6.07) is 7.14. The average molecular weight is 453 g/mol. The topological polar surface area (TPSA) is 56.2 Å². The van der Waals surface area contributed by atoms with Crippen LogP contribution >= 0.6 is 0 Å². The fourth-order valence-electron chi connectivity index (χ4n) is 3.24. The highest BCUT2D eigenvalue weighted by molar-refractivity contribution is 5.96. The number of nitrogens with zero attached hydrogens (tertiary/aromatic N) is 2. The van der Waals surface area contributed by atoms with Gasteiger partial charge < -0.3 is 10.1 Å². The second kappa shape index (κ2) is 8.97. The SMILES string of the molecule is Cc1nn(-c2ccc(F)cc2F)c(C)c1C(=O)NC(C)COc1ccccc1C(F)(F)F. The van der Waals surface area contributed by atoms with Crippen LogP contribution in [0.4, 0.5) is 22.0 Å². The molecule has 170 valence electrons. The lowest BCUT2D eigenvalue weighted by molar-refractivity contribution is -0.139. The summed E-state index contributed by atoms with van der Waals surface area (Å²) in [4.78, 5) is 12.8. The molecule has 3 rings (SSSR count). The molecule has 0 fully saturated rings.